The molecule has 0 N–H and O–H groups in total. The fourth-order valence-electron chi connectivity index (χ4n) is 1.60. The molecule has 0 aliphatic rings. The minimum Gasteiger partial charge on any atom is -0.0622 e. The monoisotopic (exact) mass is 272 g/mol. The quantitative estimate of drug-likeness (QED) is 0.675. The third-order valence-electron chi connectivity index (χ3n) is 2.48. The van der Waals surface area contributed by atoms with Crippen molar-refractivity contribution < 1.29 is 0 Å². The van der Waals surface area contributed by atoms with Gasteiger partial charge in [-0.3, -0.25) is 0 Å². The maximum atomic E-state index is 3.44. The average molecular weight is 273 g/mol. The van der Waals surface area contributed by atoms with Gasteiger partial charge in [0.2, 0.25) is 0 Å². The Morgan fingerprint density at radius 1 is 0.938 bits per heavy atom. The molecule has 2 rings (SSSR count). The lowest BCUT2D eigenvalue weighted by molar-refractivity contribution is 1.55. The van der Waals surface area contributed by atoms with E-state index in [4.69, 9.17) is 0 Å². The van der Waals surface area contributed by atoms with Crippen LogP contribution in [0.5, 0.6) is 0 Å². The summed E-state index contributed by atoms with van der Waals surface area (Å²) in [7, 11) is 0. The van der Waals surface area contributed by atoms with Crippen molar-refractivity contribution in [3.8, 4) is 0 Å². The van der Waals surface area contributed by atoms with E-state index in [0.717, 1.165) is 4.47 Å². The number of benzene rings is 2. The summed E-state index contributed by atoms with van der Waals surface area (Å²) in [5.74, 6) is 0. The molecule has 2 aromatic rings. The summed E-state index contributed by atoms with van der Waals surface area (Å²) in [6.07, 6.45) is 2.20. The zero-order chi connectivity index (χ0) is 11.4. The predicted octanol–water partition coefficient (Wildman–Crippen LogP) is 5.01. The number of allylic oxidation sites excluding steroid dienone is 1. The van der Waals surface area contributed by atoms with Crippen molar-refractivity contribution in [3.63, 3.8) is 0 Å². The molecule has 0 nitrogen and oxygen atoms in total. The molecule has 0 spiro atoms. The van der Waals surface area contributed by atoms with Gasteiger partial charge in [0.15, 0.2) is 0 Å². The third-order valence-corrected chi connectivity index (χ3v) is 3.01. The van der Waals surface area contributed by atoms with Gasteiger partial charge in [0.1, 0.15) is 0 Å². The predicted molar refractivity (Wildman–Crippen MR) is 74.1 cm³/mol. The summed E-state index contributed by atoms with van der Waals surface area (Å²) in [4.78, 5) is 0. The highest BCUT2D eigenvalue weighted by atomic mass is 79.9. The Hall–Kier alpha value is -1.34. The molecule has 0 unspecified atom stereocenters. The second kappa shape index (κ2) is 5.13. The van der Waals surface area contributed by atoms with Crippen molar-refractivity contribution in [2.24, 2.45) is 0 Å². The van der Waals surface area contributed by atoms with E-state index in [2.05, 4.69) is 77.5 Å². The molecule has 0 heterocycles. The van der Waals surface area contributed by atoms with Gasteiger partial charge in [0, 0.05) is 4.47 Å². The molecular weight excluding hydrogens is 260 g/mol. The Morgan fingerprint density at radius 3 is 2.19 bits per heavy atom. The van der Waals surface area contributed by atoms with E-state index < -0.39 is 0 Å². The van der Waals surface area contributed by atoms with E-state index in [1.165, 1.54) is 16.7 Å². The van der Waals surface area contributed by atoms with Crippen LogP contribution in [0.25, 0.3) is 11.6 Å². The van der Waals surface area contributed by atoms with Crippen LogP contribution in [-0.4, -0.2) is 0 Å². The number of halogens is 1. The topological polar surface area (TPSA) is 0 Å². The molecule has 0 amide bonds. The zero-order valence-corrected chi connectivity index (χ0v) is 10.7. The van der Waals surface area contributed by atoms with Gasteiger partial charge in [-0.2, -0.15) is 0 Å². The van der Waals surface area contributed by atoms with E-state index in [9.17, 15) is 0 Å². The molecule has 0 atom stereocenters. The highest BCUT2D eigenvalue weighted by molar-refractivity contribution is 9.10. The van der Waals surface area contributed by atoms with Gasteiger partial charge < -0.3 is 0 Å². The van der Waals surface area contributed by atoms with E-state index in [1.54, 1.807) is 0 Å². The van der Waals surface area contributed by atoms with Crippen molar-refractivity contribution in [3.05, 3.63) is 70.2 Å². The first-order valence-electron chi connectivity index (χ1n) is 5.25. The maximum absolute atomic E-state index is 3.44. The fraction of sp³-hybridized carbons (Fsp3) is 0.0667. The van der Waals surface area contributed by atoms with Crippen molar-refractivity contribution in [2.75, 3.05) is 0 Å². The smallest absolute Gasteiger partial charge is 0.0175 e. The lowest BCUT2D eigenvalue weighted by atomic mass is 10.0. The first-order chi connectivity index (χ1) is 7.75. The van der Waals surface area contributed by atoms with Gasteiger partial charge in [0.05, 0.1) is 0 Å². The lowest BCUT2D eigenvalue weighted by Gasteiger charge is -2.02. The second-order valence-electron chi connectivity index (χ2n) is 3.74. The molecule has 0 saturated carbocycles. The van der Waals surface area contributed by atoms with Crippen LogP contribution in [-0.2, 0) is 0 Å². The minimum absolute atomic E-state index is 1.11. The summed E-state index contributed by atoms with van der Waals surface area (Å²) < 4.78 is 1.11. The van der Waals surface area contributed by atoms with Gasteiger partial charge >= 0.3 is 0 Å². The molecule has 80 valence electrons. The molecule has 0 radical (unpaired) electrons. The molecule has 1 heteroatoms. The Kier molecular flexibility index (Phi) is 3.58. The van der Waals surface area contributed by atoms with Crippen LogP contribution in [0.2, 0.25) is 0 Å². The zero-order valence-electron chi connectivity index (χ0n) is 9.15. The van der Waals surface area contributed by atoms with E-state index in [0.29, 0.717) is 0 Å². The molecule has 16 heavy (non-hydrogen) atoms. The van der Waals surface area contributed by atoms with Gasteiger partial charge in [-0.25, -0.2) is 0 Å². The SMILES string of the molecule is C/C(=C\c1ccccc1)c1ccc(Br)cc1. The van der Waals surface area contributed by atoms with Crippen LogP contribution >= 0.6 is 15.9 Å². The summed E-state index contributed by atoms with van der Waals surface area (Å²) in [5, 5.41) is 0. The Bertz CT molecular complexity index is 481. The highest BCUT2D eigenvalue weighted by Crippen LogP contribution is 2.19. The molecule has 0 fully saturated rings. The number of rotatable bonds is 2. The number of hydrogen-bond donors (Lipinski definition) is 0. The molecule has 2 aromatic carbocycles. The average Bonchev–Trinajstić information content (AvgIpc) is 2.31. The van der Waals surface area contributed by atoms with E-state index >= 15 is 0 Å². The first-order valence-corrected chi connectivity index (χ1v) is 6.04. The molecule has 0 aromatic heterocycles. The van der Waals surface area contributed by atoms with Crippen LogP contribution in [0, 0.1) is 0 Å². The molecule has 0 bridgehead atoms. The second-order valence-corrected chi connectivity index (χ2v) is 4.66. The van der Waals surface area contributed by atoms with Crippen molar-refractivity contribution >= 4 is 27.6 Å². The van der Waals surface area contributed by atoms with Crippen molar-refractivity contribution in [1.82, 2.24) is 0 Å². The Morgan fingerprint density at radius 2 is 1.56 bits per heavy atom. The van der Waals surface area contributed by atoms with Crippen LogP contribution in [0.3, 0.4) is 0 Å². The number of hydrogen-bond acceptors (Lipinski definition) is 0. The van der Waals surface area contributed by atoms with Crippen LogP contribution < -0.4 is 0 Å². The molecule has 0 aliphatic carbocycles. The van der Waals surface area contributed by atoms with Crippen LogP contribution in [0.4, 0.5) is 0 Å². The largest absolute Gasteiger partial charge is 0.0622 e. The van der Waals surface area contributed by atoms with Gasteiger partial charge in [0.25, 0.3) is 0 Å². The Balaban J connectivity index is 2.28. The van der Waals surface area contributed by atoms with E-state index in [1.807, 2.05) is 6.07 Å². The van der Waals surface area contributed by atoms with Gasteiger partial charge in [-0.1, -0.05) is 64.5 Å². The standard InChI is InChI=1S/C15H13Br/c1-12(11-13-5-3-2-4-6-13)14-7-9-15(16)10-8-14/h2-11H,1H3/b12-11+. The minimum atomic E-state index is 1.11. The van der Waals surface area contributed by atoms with Gasteiger partial charge in [-0.05, 0) is 35.8 Å². The maximum Gasteiger partial charge on any atom is 0.0175 e. The van der Waals surface area contributed by atoms with Crippen molar-refractivity contribution in [1.29, 1.82) is 0 Å². The summed E-state index contributed by atoms with van der Waals surface area (Å²) in [5.41, 5.74) is 3.77. The van der Waals surface area contributed by atoms with Crippen LogP contribution in [0.1, 0.15) is 18.1 Å². The summed E-state index contributed by atoms with van der Waals surface area (Å²) >= 11 is 3.44. The lowest BCUT2D eigenvalue weighted by Crippen LogP contribution is -1.79. The van der Waals surface area contributed by atoms with Crippen LogP contribution in [0.15, 0.2) is 59.1 Å². The Labute approximate surface area is 105 Å². The van der Waals surface area contributed by atoms with E-state index in [-0.39, 0.29) is 0 Å². The first kappa shape index (κ1) is 11.2. The summed E-state index contributed by atoms with van der Waals surface area (Å²) in [6, 6.07) is 18.8. The fourth-order valence-corrected chi connectivity index (χ4v) is 1.86. The highest BCUT2D eigenvalue weighted by Gasteiger charge is 1.95. The molecule has 0 aliphatic heterocycles. The molecular formula is C15H13Br. The molecule has 0 saturated heterocycles. The van der Waals surface area contributed by atoms with Gasteiger partial charge in [-0.15, -0.1) is 0 Å². The van der Waals surface area contributed by atoms with Crippen molar-refractivity contribution in [2.45, 2.75) is 6.92 Å². The normalized spacial score (nSPS) is 11.5. The summed E-state index contributed by atoms with van der Waals surface area (Å²) in [6.45, 7) is 2.14. The third kappa shape index (κ3) is 2.83.